The third kappa shape index (κ3) is 3.52. The molecule has 2 heterocycles. The zero-order chi connectivity index (χ0) is 17.9. The Bertz CT molecular complexity index is 940. The van der Waals surface area contributed by atoms with Crippen molar-refractivity contribution in [3.05, 3.63) is 54.7 Å². The number of amides is 1. The van der Waals surface area contributed by atoms with Gasteiger partial charge in [0.25, 0.3) is 0 Å². The molecular formula is C21H22N4O. The van der Waals surface area contributed by atoms with Crippen LogP contribution in [0.3, 0.4) is 0 Å². The first-order chi connectivity index (χ1) is 12.7. The maximum absolute atomic E-state index is 11.4. The molecule has 1 amide bonds. The second-order valence-electron chi connectivity index (χ2n) is 6.83. The average Bonchev–Trinajstić information content (AvgIpc) is 3.16. The molecule has 3 aromatic rings. The maximum atomic E-state index is 11.4. The molecule has 0 aliphatic carbocycles. The fourth-order valence-corrected chi connectivity index (χ4v) is 3.47. The Morgan fingerprint density at radius 3 is 2.85 bits per heavy atom. The minimum absolute atomic E-state index is 0.155. The first kappa shape index (κ1) is 16.5. The number of nitrogens with one attached hydrogen (secondary N) is 1. The highest BCUT2D eigenvalue weighted by Gasteiger charge is 2.23. The van der Waals surface area contributed by atoms with Crippen LogP contribution in [0.15, 0.2) is 54.7 Å². The van der Waals surface area contributed by atoms with Crippen LogP contribution in [0, 0.1) is 5.92 Å². The molecule has 26 heavy (non-hydrogen) atoms. The third-order valence-corrected chi connectivity index (χ3v) is 4.98. The minimum Gasteiger partial charge on any atom is -0.354 e. The lowest BCUT2D eigenvalue weighted by Crippen LogP contribution is -2.27. The number of benzene rings is 2. The van der Waals surface area contributed by atoms with Gasteiger partial charge in [0.2, 0.25) is 11.9 Å². The molecule has 1 fully saturated rings. The topological polar surface area (TPSA) is 58.1 Å². The quantitative estimate of drug-likeness (QED) is 0.784. The molecule has 0 bridgehead atoms. The smallest absolute Gasteiger partial charge is 0.223 e. The Balaban J connectivity index is 1.47. The summed E-state index contributed by atoms with van der Waals surface area (Å²) in [5.74, 6) is 1.24. The van der Waals surface area contributed by atoms with E-state index in [1.807, 2.05) is 23.1 Å². The van der Waals surface area contributed by atoms with E-state index < -0.39 is 0 Å². The molecule has 0 saturated carbocycles. The third-order valence-electron chi connectivity index (χ3n) is 4.98. The molecule has 0 unspecified atom stereocenters. The Kier molecular flexibility index (Phi) is 4.52. The molecule has 132 valence electrons. The Labute approximate surface area is 153 Å². The SMILES string of the molecule is CC(=O)N1CC[C@@H](CNc2nccc(-c3ccc4ccccc4c3)n2)C1. The summed E-state index contributed by atoms with van der Waals surface area (Å²) >= 11 is 0. The Morgan fingerprint density at radius 1 is 1.19 bits per heavy atom. The second-order valence-corrected chi connectivity index (χ2v) is 6.83. The van der Waals surface area contributed by atoms with Gasteiger partial charge in [0.05, 0.1) is 5.69 Å². The molecule has 5 nitrogen and oxygen atoms in total. The average molecular weight is 346 g/mol. The number of carbonyl (C=O) groups excluding carboxylic acids is 1. The van der Waals surface area contributed by atoms with Crippen LogP contribution in [0.5, 0.6) is 0 Å². The number of aromatic nitrogens is 2. The molecule has 0 radical (unpaired) electrons. The van der Waals surface area contributed by atoms with Crippen LogP contribution in [0.2, 0.25) is 0 Å². The van der Waals surface area contributed by atoms with Crippen molar-refractivity contribution in [1.29, 1.82) is 0 Å². The monoisotopic (exact) mass is 346 g/mol. The highest BCUT2D eigenvalue weighted by atomic mass is 16.2. The van der Waals surface area contributed by atoms with Crippen molar-refractivity contribution < 1.29 is 4.79 Å². The van der Waals surface area contributed by atoms with Crippen LogP contribution in [0.25, 0.3) is 22.0 Å². The summed E-state index contributed by atoms with van der Waals surface area (Å²) in [4.78, 5) is 22.3. The second kappa shape index (κ2) is 7.12. The van der Waals surface area contributed by atoms with Crippen LogP contribution < -0.4 is 5.32 Å². The lowest BCUT2D eigenvalue weighted by molar-refractivity contribution is -0.127. The number of nitrogens with zero attached hydrogens (tertiary/aromatic N) is 3. The van der Waals surface area contributed by atoms with Gasteiger partial charge in [-0.05, 0) is 35.2 Å². The van der Waals surface area contributed by atoms with Crippen LogP contribution in [0.1, 0.15) is 13.3 Å². The fraction of sp³-hybridized carbons (Fsp3) is 0.286. The molecule has 1 atom stereocenters. The zero-order valence-electron chi connectivity index (χ0n) is 14.9. The van der Waals surface area contributed by atoms with Gasteiger partial charge in [-0.15, -0.1) is 0 Å². The van der Waals surface area contributed by atoms with Gasteiger partial charge in [-0.1, -0.05) is 36.4 Å². The Hall–Kier alpha value is -2.95. The van der Waals surface area contributed by atoms with E-state index in [9.17, 15) is 4.79 Å². The lowest BCUT2D eigenvalue weighted by atomic mass is 10.1. The highest BCUT2D eigenvalue weighted by Crippen LogP contribution is 2.23. The number of likely N-dealkylation sites (tertiary alicyclic amines) is 1. The molecular weight excluding hydrogens is 324 g/mol. The number of hydrogen-bond donors (Lipinski definition) is 1. The Morgan fingerprint density at radius 2 is 2.04 bits per heavy atom. The molecule has 1 saturated heterocycles. The van der Waals surface area contributed by atoms with Crippen molar-refractivity contribution in [3.63, 3.8) is 0 Å². The van der Waals surface area contributed by atoms with Crippen LogP contribution in [-0.2, 0) is 4.79 Å². The van der Waals surface area contributed by atoms with E-state index in [0.29, 0.717) is 11.9 Å². The summed E-state index contributed by atoms with van der Waals surface area (Å²) in [5.41, 5.74) is 1.99. The standard InChI is InChI=1S/C21H22N4O/c1-15(26)25-11-9-16(14-25)13-23-21-22-10-8-20(24-21)19-7-6-17-4-2-3-5-18(17)12-19/h2-8,10,12,16H,9,11,13-14H2,1H3,(H,22,23,24)/t16-/m0/s1. The summed E-state index contributed by atoms with van der Waals surface area (Å²) < 4.78 is 0. The van der Waals surface area contributed by atoms with Gasteiger partial charge in [-0.25, -0.2) is 9.97 Å². The largest absolute Gasteiger partial charge is 0.354 e. The zero-order valence-corrected chi connectivity index (χ0v) is 14.9. The van der Waals surface area contributed by atoms with Crippen molar-refractivity contribution in [2.45, 2.75) is 13.3 Å². The number of hydrogen-bond acceptors (Lipinski definition) is 4. The van der Waals surface area contributed by atoms with Crippen molar-refractivity contribution in [2.24, 2.45) is 5.92 Å². The van der Waals surface area contributed by atoms with E-state index in [0.717, 1.165) is 37.3 Å². The number of fused-ring (bicyclic) bond motifs is 1. The molecule has 2 aromatic carbocycles. The predicted octanol–water partition coefficient (Wildman–Crippen LogP) is 3.58. The molecule has 4 rings (SSSR count). The van der Waals surface area contributed by atoms with E-state index in [1.54, 1.807) is 13.1 Å². The van der Waals surface area contributed by atoms with Gasteiger partial charge in [0.1, 0.15) is 0 Å². The summed E-state index contributed by atoms with van der Waals surface area (Å²) in [6.45, 7) is 4.07. The highest BCUT2D eigenvalue weighted by molar-refractivity contribution is 5.86. The van der Waals surface area contributed by atoms with Gasteiger partial charge in [0, 0.05) is 38.3 Å². The van der Waals surface area contributed by atoms with Crippen molar-refractivity contribution in [1.82, 2.24) is 14.9 Å². The number of carbonyl (C=O) groups is 1. The first-order valence-electron chi connectivity index (χ1n) is 9.00. The molecule has 0 spiro atoms. The van der Waals surface area contributed by atoms with Crippen LogP contribution in [0.4, 0.5) is 5.95 Å². The van der Waals surface area contributed by atoms with Crippen LogP contribution >= 0.6 is 0 Å². The molecule has 1 aromatic heterocycles. The molecule has 5 heteroatoms. The van der Waals surface area contributed by atoms with Crippen molar-refractivity contribution in [2.75, 3.05) is 25.0 Å². The summed E-state index contributed by atoms with van der Waals surface area (Å²) in [5, 5.41) is 5.76. The summed E-state index contributed by atoms with van der Waals surface area (Å²) in [7, 11) is 0. The fourth-order valence-electron chi connectivity index (χ4n) is 3.47. The van der Waals surface area contributed by atoms with Crippen molar-refractivity contribution in [3.8, 4) is 11.3 Å². The minimum atomic E-state index is 0.155. The molecule has 1 aliphatic heterocycles. The van der Waals surface area contributed by atoms with Gasteiger partial charge in [-0.3, -0.25) is 4.79 Å². The lowest BCUT2D eigenvalue weighted by Gasteiger charge is -2.14. The predicted molar refractivity (Wildman–Crippen MR) is 104 cm³/mol. The maximum Gasteiger partial charge on any atom is 0.223 e. The van der Waals surface area contributed by atoms with E-state index in [-0.39, 0.29) is 5.91 Å². The number of rotatable bonds is 4. The van der Waals surface area contributed by atoms with Gasteiger partial charge in [-0.2, -0.15) is 0 Å². The van der Waals surface area contributed by atoms with E-state index in [4.69, 9.17) is 0 Å². The van der Waals surface area contributed by atoms with Gasteiger partial charge in [0.15, 0.2) is 0 Å². The van der Waals surface area contributed by atoms with Crippen molar-refractivity contribution >= 4 is 22.6 Å². The summed E-state index contributed by atoms with van der Waals surface area (Å²) in [6.07, 6.45) is 2.81. The van der Waals surface area contributed by atoms with Crippen LogP contribution in [-0.4, -0.2) is 40.4 Å². The normalized spacial score (nSPS) is 16.8. The molecule has 1 aliphatic rings. The molecule has 1 N–H and O–H groups in total. The van der Waals surface area contributed by atoms with E-state index in [1.165, 1.54) is 10.8 Å². The van der Waals surface area contributed by atoms with Gasteiger partial charge >= 0.3 is 0 Å². The van der Waals surface area contributed by atoms with Gasteiger partial charge < -0.3 is 10.2 Å². The van der Waals surface area contributed by atoms with E-state index in [2.05, 4.69) is 45.6 Å². The van der Waals surface area contributed by atoms with E-state index >= 15 is 0 Å². The summed E-state index contributed by atoms with van der Waals surface area (Å²) in [6, 6.07) is 16.6. The number of anilines is 1. The first-order valence-corrected chi connectivity index (χ1v) is 9.00.